The Morgan fingerprint density at radius 1 is 0.938 bits per heavy atom. The highest BCUT2D eigenvalue weighted by atomic mass is 14.0. The largest absolute Gasteiger partial charge is 0.0654 e. The van der Waals surface area contributed by atoms with Crippen LogP contribution < -0.4 is 0 Å². The molecule has 0 heteroatoms. The van der Waals surface area contributed by atoms with E-state index in [-0.39, 0.29) is 0 Å². The van der Waals surface area contributed by atoms with E-state index in [0.29, 0.717) is 0 Å². The van der Waals surface area contributed by atoms with Crippen molar-refractivity contribution in [1.29, 1.82) is 0 Å². The topological polar surface area (TPSA) is 0 Å². The minimum atomic E-state index is 1.20. The van der Waals surface area contributed by atoms with Gasteiger partial charge in [-0.25, -0.2) is 0 Å². The van der Waals surface area contributed by atoms with Crippen LogP contribution in [0.25, 0.3) is 0 Å². The third-order valence-corrected chi connectivity index (χ3v) is 3.05. The summed E-state index contributed by atoms with van der Waals surface area (Å²) >= 11 is 0. The lowest BCUT2D eigenvalue weighted by atomic mass is 10.0. The zero-order valence-corrected chi connectivity index (χ0v) is 10.9. The molecule has 0 aliphatic carbocycles. The van der Waals surface area contributed by atoms with Crippen LogP contribution in [0.3, 0.4) is 0 Å². The average Bonchev–Trinajstić information content (AvgIpc) is 2.28. The molecule has 0 saturated heterocycles. The molecule has 0 amide bonds. The van der Waals surface area contributed by atoms with E-state index in [0.717, 1.165) is 0 Å². The van der Waals surface area contributed by atoms with Gasteiger partial charge in [-0.3, -0.25) is 0 Å². The maximum absolute atomic E-state index is 3.42. The van der Waals surface area contributed by atoms with Crippen LogP contribution in [-0.2, 0) is 6.42 Å². The van der Waals surface area contributed by atoms with Gasteiger partial charge in [-0.15, -0.1) is 0 Å². The first kappa shape index (κ1) is 13.3. The average molecular weight is 217 g/mol. The Labute approximate surface area is 101 Å². The van der Waals surface area contributed by atoms with Crippen LogP contribution in [0.5, 0.6) is 0 Å². The summed E-state index contributed by atoms with van der Waals surface area (Å²) in [5, 5.41) is 0. The zero-order chi connectivity index (χ0) is 11.6. The summed E-state index contributed by atoms with van der Waals surface area (Å²) in [6, 6.07) is 9.88. The fourth-order valence-corrected chi connectivity index (χ4v) is 2.06. The van der Waals surface area contributed by atoms with E-state index < -0.39 is 0 Å². The van der Waals surface area contributed by atoms with Gasteiger partial charge in [-0.2, -0.15) is 0 Å². The van der Waals surface area contributed by atoms with E-state index in [4.69, 9.17) is 0 Å². The fraction of sp³-hybridized carbons (Fsp3) is 0.625. The third kappa shape index (κ3) is 5.95. The van der Waals surface area contributed by atoms with Gasteiger partial charge in [0.2, 0.25) is 0 Å². The minimum Gasteiger partial charge on any atom is -0.0654 e. The quantitative estimate of drug-likeness (QED) is 0.532. The molecule has 0 atom stereocenters. The molecule has 1 aromatic rings. The molecule has 1 rings (SSSR count). The van der Waals surface area contributed by atoms with E-state index in [9.17, 15) is 0 Å². The smallest absolute Gasteiger partial charge is 0.0117 e. The van der Waals surface area contributed by atoms with Gasteiger partial charge in [0.25, 0.3) is 0 Å². The molecule has 0 saturated carbocycles. The number of aryl methyl sites for hydroxylation is 2. The summed E-state index contributed by atoms with van der Waals surface area (Å²) < 4.78 is 0. The molecule has 1 aromatic carbocycles. The highest BCUT2D eigenvalue weighted by molar-refractivity contribution is 5.20. The molecule has 0 aromatic heterocycles. The Morgan fingerprint density at radius 3 is 2.31 bits per heavy atom. The molecule has 0 nitrogen and oxygen atoms in total. The number of rotatable bonds is 8. The van der Waals surface area contributed by atoms with Crippen LogP contribution >= 0.6 is 0 Å². The minimum absolute atomic E-state index is 1.20. The molecule has 0 heterocycles. The number of hydrogen-bond acceptors (Lipinski definition) is 0. The van der Waals surface area contributed by atoms with Crippen molar-refractivity contribution < 1.29 is 0 Å². The van der Waals surface area contributed by atoms with Gasteiger partial charge in [-0.05, 0) is 37.0 Å². The molecule has 0 N–H and O–H groups in total. The van der Waals surface area contributed by atoms with Crippen molar-refractivity contribution in [2.45, 2.75) is 65.2 Å². The molecule has 0 unspecified atom stereocenters. The van der Waals surface area contributed by atoms with Crippen LogP contribution in [0.2, 0.25) is 0 Å². The van der Waals surface area contributed by atoms with Gasteiger partial charge < -0.3 is 0 Å². The Morgan fingerprint density at radius 2 is 1.62 bits per heavy atom. The lowest BCUT2D eigenvalue weighted by Crippen LogP contribution is -1.87. The second-order valence-corrected chi connectivity index (χ2v) is 4.73. The Bertz CT molecular complexity index is 275. The van der Waals surface area contributed by atoms with Crippen LogP contribution in [0.4, 0.5) is 0 Å². The van der Waals surface area contributed by atoms with Crippen molar-refractivity contribution in [3.05, 3.63) is 35.4 Å². The molecule has 0 aliphatic heterocycles. The van der Waals surface area contributed by atoms with Gasteiger partial charge in [0.1, 0.15) is 0 Å². The molecule has 0 spiro atoms. The SMILES string of the molecule is CCCCCCCCCc1[c]c(C)ccc1. The van der Waals surface area contributed by atoms with Gasteiger partial charge in [0.05, 0.1) is 0 Å². The molecular formula is C16H25. The summed E-state index contributed by atoms with van der Waals surface area (Å²) in [5.41, 5.74) is 2.65. The van der Waals surface area contributed by atoms with Crippen LogP contribution in [-0.4, -0.2) is 0 Å². The summed E-state index contributed by atoms with van der Waals surface area (Å²) in [4.78, 5) is 0. The molecular weight excluding hydrogens is 192 g/mol. The highest BCUT2D eigenvalue weighted by Crippen LogP contribution is 2.11. The first-order chi connectivity index (χ1) is 7.83. The summed E-state index contributed by atoms with van der Waals surface area (Å²) in [6.07, 6.45) is 10.9. The van der Waals surface area contributed by atoms with Crippen LogP contribution in [0, 0.1) is 13.0 Å². The lowest BCUT2D eigenvalue weighted by molar-refractivity contribution is 0.589. The third-order valence-electron chi connectivity index (χ3n) is 3.05. The van der Waals surface area contributed by atoms with Gasteiger partial charge >= 0.3 is 0 Å². The predicted octanol–water partition coefficient (Wildman–Crippen LogP) is 5.09. The first-order valence-corrected chi connectivity index (χ1v) is 6.80. The van der Waals surface area contributed by atoms with Gasteiger partial charge in [0.15, 0.2) is 0 Å². The van der Waals surface area contributed by atoms with Crippen LogP contribution in [0.15, 0.2) is 18.2 Å². The van der Waals surface area contributed by atoms with E-state index in [1.807, 2.05) is 0 Å². The predicted molar refractivity (Wildman–Crippen MR) is 71.7 cm³/mol. The normalized spacial score (nSPS) is 10.6. The molecule has 1 radical (unpaired) electrons. The van der Waals surface area contributed by atoms with Gasteiger partial charge in [0, 0.05) is 0 Å². The van der Waals surface area contributed by atoms with Crippen molar-refractivity contribution in [2.24, 2.45) is 0 Å². The number of benzene rings is 1. The monoisotopic (exact) mass is 217 g/mol. The summed E-state index contributed by atoms with van der Waals surface area (Å²) in [5.74, 6) is 0. The lowest BCUT2D eigenvalue weighted by Gasteiger charge is -2.02. The molecule has 0 fully saturated rings. The summed E-state index contributed by atoms with van der Waals surface area (Å²) in [7, 11) is 0. The Hall–Kier alpha value is -0.780. The fourth-order valence-electron chi connectivity index (χ4n) is 2.06. The second kappa shape index (κ2) is 8.38. The first-order valence-electron chi connectivity index (χ1n) is 6.80. The van der Waals surface area contributed by atoms with Crippen molar-refractivity contribution in [2.75, 3.05) is 0 Å². The number of hydrogen-bond donors (Lipinski definition) is 0. The van der Waals surface area contributed by atoms with Crippen molar-refractivity contribution >= 4 is 0 Å². The Kier molecular flexibility index (Phi) is 6.96. The highest BCUT2D eigenvalue weighted by Gasteiger charge is 1.95. The molecule has 16 heavy (non-hydrogen) atoms. The maximum Gasteiger partial charge on any atom is -0.0117 e. The van der Waals surface area contributed by atoms with E-state index >= 15 is 0 Å². The second-order valence-electron chi connectivity index (χ2n) is 4.73. The maximum atomic E-state index is 3.42. The van der Waals surface area contributed by atoms with Crippen molar-refractivity contribution in [1.82, 2.24) is 0 Å². The van der Waals surface area contributed by atoms with E-state index in [1.54, 1.807) is 0 Å². The Balaban J connectivity index is 2.03. The molecule has 0 bridgehead atoms. The summed E-state index contributed by atoms with van der Waals surface area (Å²) in [6.45, 7) is 4.39. The van der Waals surface area contributed by atoms with E-state index in [1.165, 1.54) is 62.5 Å². The van der Waals surface area contributed by atoms with Crippen molar-refractivity contribution in [3.63, 3.8) is 0 Å². The van der Waals surface area contributed by atoms with Crippen LogP contribution in [0.1, 0.15) is 63.0 Å². The molecule has 0 aliphatic rings. The molecule has 89 valence electrons. The van der Waals surface area contributed by atoms with Crippen molar-refractivity contribution in [3.8, 4) is 0 Å². The standard InChI is InChI=1S/C16H25/c1-3-4-5-6-7-8-9-12-16-13-10-11-15(2)14-16/h10-11,13H,3-9,12H2,1-2H3. The number of unbranched alkanes of at least 4 members (excludes halogenated alkanes) is 6. The van der Waals surface area contributed by atoms with Gasteiger partial charge in [-0.1, -0.05) is 63.6 Å². The van der Waals surface area contributed by atoms with E-state index in [2.05, 4.69) is 38.1 Å². The zero-order valence-electron chi connectivity index (χ0n) is 10.9.